The van der Waals surface area contributed by atoms with Gasteiger partial charge in [-0.3, -0.25) is 4.79 Å². The highest BCUT2D eigenvalue weighted by molar-refractivity contribution is 5.71. The summed E-state index contributed by atoms with van der Waals surface area (Å²) in [5.74, 6) is 1.73. The molecule has 1 aromatic carbocycles. The molecule has 2 saturated heterocycles. The van der Waals surface area contributed by atoms with E-state index in [-0.39, 0.29) is 18.4 Å². The van der Waals surface area contributed by atoms with Crippen molar-refractivity contribution in [3.63, 3.8) is 0 Å². The molecule has 8 nitrogen and oxygen atoms in total. The molecule has 2 aliphatic heterocycles. The third kappa shape index (κ3) is 6.33. The van der Waals surface area contributed by atoms with Crippen molar-refractivity contribution in [2.75, 3.05) is 47.9 Å². The molecule has 3 heterocycles. The monoisotopic (exact) mass is 452 g/mol. The molecule has 0 unspecified atom stereocenters. The number of nitrogens with zero attached hydrogens (tertiary/aromatic N) is 5. The van der Waals surface area contributed by atoms with Crippen molar-refractivity contribution in [1.29, 1.82) is 0 Å². The standard InChI is InChI=1S/C25H36N6O2/c1-3-33-22(32)18-21(20-12-10-19(2)11-13-20)26-23-27-24(30-14-6-4-7-15-30)29-25(28-23)31-16-8-5-9-17-31/h10-13,21H,3-9,14-18H2,1-2H3,(H,26,27,28,29)/t21-/m0/s1. The summed E-state index contributed by atoms with van der Waals surface area (Å²) in [7, 11) is 0. The number of ether oxygens (including phenoxy) is 1. The van der Waals surface area contributed by atoms with Crippen molar-refractivity contribution in [2.45, 2.75) is 64.8 Å². The zero-order valence-electron chi connectivity index (χ0n) is 19.9. The van der Waals surface area contributed by atoms with E-state index in [0.29, 0.717) is 12.6 Å². The predicted octanol–water partition coefficient (Wildman–Crippen LogP) is 4.27. The maximum absolute atomic E-state index is 12.4. The maximum Gasteiger partial charge on any atom is 0.308 e. The highest BCUT2D eigenvalue weighted by Gasteiger charge is 2.23. The smallest absolute Gasteiger partial charge is 0.308 e. The molecular formula is C25H36N6O2. The normalized spacial score (nSPS) is 17.5. The maximum atomic E-state index is 12.4. The van der Waals surface area contributed by atoms with Crippen LogP contribution in [-0.2, 0) is 9.53 Å². The molecule has 8 heteroatoms. The molecule has 0 saturated carbocycles. The van der Waals surface area contributed by atoms with Crippen LogP contribution in [0.5, 0.6) is 0 Å². The van der Waals surface area contributed by atoms with Gasteiger partial charge in [-0.2, -0.15) is 15.0 Å². The molecule has 1 aromatic heterocycles. The molecule has 0 radical (unpaired) electrons. The molecule has 2 aliphatic rings. The van der Waals surface area contributed by atoms with E-state index in [1.54, 1.807) is 0 Å². The van der Waals surface area contributed by atoms with Gasteiger partial charge in [-0.05, 0) is 57.9 Å². The van der Waals surface area contributed by atoms with Crippen LogP contribution in [-0.4, -0.2) is 53.7 Å². The van der Waals surface area contributed by atoms with Crippen LogP contribution in [0.2, 0.25) is 0 Å². The van der Waals surface area contributed by atoms with Crippen LogP contribution in [0.25, 0.3) is 0 Å². The minimum absolute atomic E-state index is 0.209. The van der Waals surface area contributed by atoms with Gasteiger partial charge in [0.05, 0.1) is 19.1 Å². The zero-order valence-corrected chi connectivity index (χ0v) is 19.9. The van der Waals surface area contributed by atoms with Gasteiger partial charge in [-0.1, -0.05) is 29.8 Å². The van der Waals surface area contributed by atoms with Crippen molar-refractivity contribution >= 4 is 23.8 Å². The summed E-state index contributed by atoms with van der Waals surface area (Å²) in [5.41, 5.74) is 2.18. The quantitative estimate of drug-likeness (QED) is 0.595. The molecule has 1 N–H and O–H groups in total. The Morgan fingerprint density at radius 3 is 1.97 bits per heavy atom. The number of aromatic nitrogens is 3. The fraction of sp³-hybridized carbons (Fsp3) is 0.600. The average Bonchev–Trinajstić information content (AvgIpc) is 2.85. The second kappa shape index (κ2) is 11.3. The number of benzene rings is 1. The molecule has 0 spiro atoms. The van der Waals surface area contributed by atoms with Crippen molar-refractivity contribution < 1.29 is 9.53 Å². The highest BCUT2D eigenvalue weighted by atomic mass is 16.5. The number of hydrogen-bond acceptors (Lipinski definition) is 8. The summed E-state index contributed by atoms with van der Waals surface area (Å²) in [6, 6.07) is 7.92. The minimum atomic E-state index is -0.282. The van der Waals surface area contributed by atoms with Crippen LogP contribution in [0, 0.1) is 6.92 Å². The van der Waals surface area contributed by atoms with Crippen molar-refractivity contribution in [1.82, 2.24) is 15.0 Å². The third-order valence-electron chi connectivity index (χ3n) is 6.35. The predicted molar refractivity (Wildman–Crippen MR) is 131 cm³/mol. The zero-order chi connectivity index (χ0) is 23.0. The van der Waals surface area contributed by atoms with Gasteiger partial charge in [-0.15, -0.1) is 0 Å². The summed E-state index contributed by atoms with van der Waals surface area (Å²) < 4.78 is 5.24. The van der Waals surface area contributed by atoms with Crippen LogP contribution in [0.4, 0.5) is 17.8 Å². The Hall–Kier alpha value is -2.90. The fourth-order valence-electron chi connectivity index (χ4n) is 4.48. The van der Waals surface area contributed by atoms with Crippen molar-refractivity contribution in [3.8, 4) is 0 Å². The van der Waals surface area contributed by atoms with E-state index in [1.165, 1.54) is 18.4 Å². The largest absolute Gasteiger partial charge is 0.466 e. The summed E-state index contributed by atoms with van der Waals surface area (Å²) in [6.45, 7) is 8.11. The molecule has 1 atom stereocenters. The number of esters is 1. The first kappa shape index (κ1) is 23.3. The molecule has 0 aliphatic carbocycles. The van der Waals surface area contributed by atoms with E-state index in [0.717, 1.165) is 69.3 Å². The topological polar surface area (TPSA) is 83.5 Å². The first-order valence-electron chi connectivity index (χ1n) is 12.4. The number of rotatable bonds is 8. The molecule has 178 valence electrons. The van der Waals surface area contributed by atoms with Gasteiger partial charge in [0.25, 0.3) is 0 Å². The molecule has 2 aromatic rings. The van der Waals surface area contributed by atoms with Crippen LogP contribution in [0.15, 0.2) is 24.3 Å². The second-order valence-corrected chi connectivity index (χ2v) is 8.97. The van der Waals surface area contributed by atoms with Crippen LogP contribution < -0.4 is 15.1 Å². The van der Waals surface area contributed by atoms with E-state index < -0.39 is 0 Å². The van der Waals surface area contributed by atoms with E-state index >= 15 is 0 Å². The molecule has 2 fully saturated rings. The van der Waals surface area contributed by atoms with E-state index in [9.17, 15) is 4.79 Å². The molecule has 33 heavy (non-hydrogen) atoms. The fourth-order valence-corrected chi connectivity index (χ4v) is 4.48. The Kier molecular flexibility index (Phi) is 7.96. The Morgan fingerprint density at radius 1 is 0.909 bits per heavy atom. The van der Waals surface area contributed by atoms with Gasteiger partial charge < -0.3 is 19.9 Å². The van der Waals surface area contributed by atoms with Crippen molar-refractivity contribution in [2.24, 2.45) is 0 Å². The van der Waals surface area contributed by atoms with Crippen molar-refractivity contribution in [3.05, 3.63) is 35.4 Å². The Balaban J connectivity index is 1.64. The SMILES string of the molecule is CCOC(=O)C[C@H](Nc1nc(N2CCCCC2)nc(N2CCCCC2)n1)c1ccc(C)cc1. The van der Waals surface area contributed by atoms with Gasteiger partial charge in [0.15, 0.2) is 0 Å². The number of anilines is 3. The Bertz CT molecular complexity index is 871. The third-order valence-corrected chi connectivity index (χ3v) is 6.35. The molecule has 0 bridgehead atoms. The van der Waals surface area contributed by atoms with Gasteiger partial charge in [0.2, 0.25) is 17.8 Å². The second-order valence-electron chi connectivity index (χ2n) is 8.97. The number of nitrogens with one attached hydrogen (secondary N) is 1. The van der Waals surface area contributed by atoms with Crippen LogP contribution in [0.1, 0.15) is 69.0 Å². The van der Waals surface area contributed by atoms with Gasteiger partial charge >= 0.3 is 5.97 Å². The van der Waals surface area contributed by atoms with Crippen LogP contribution >= 0.6 is 0 Å². The number of carbonyl (C=O) groups excluding carboxylic acids is 1. The lowest BCUT2D eigenvalue weighted by atomic mass is 10.0. The number of carbonyl (C=O) groups is 1. The average molecular weight is 453 g/mol. The molecular weight excluding hydrogens is 416 g/mol. The Morgan fingerprint density at radius 2 is 1.45 bits per heavy atom. The van der Waals surface area contributed by atoms with Gasteiger partial charge in [0, 0.05) is 26.2 Å². The molecule has 4 rings (SSSR count). The summed E-state index contributed by atoms with van der Waals surface area (Å²) in [5, 5.41) is 3.45. The summed E-state index contributed by atoms with van der Waals surface area (Å²) in [6.07, 6.45) is 7.33. The number of aryl methyl sites for hydroxylation is 1. The van der Waals surface area contributed by atoms with Crippen LogP contribution in [0.3, 0.4) is 0 Å². The summed E-state index contributed by atoms with van der Waals surface area (Å²) >= 11 is 0. The van der Waals surface area contributed by atoms with Gasteiger partial charge in [0.1, 0.15) is 0 Å². The number of piperidine rings is 2. The van der Waals surface area contributed by atoms with Gasteiger partial charge in [-0.25, -0.2) is 0 Å². The number of hydrogen-bond donors (Lipinski definition) is 1. The first-order valence-corrected chi connectivity index (χ1v) is 12.4. The minimum Gasteiger partial charge on any atom is -0.466 e. The van der Waals surface area contributed by atoms with E-state index in [2.05, 4.69) is 34.2 Å². The Labute approximate surface area is 196 Å². The highest BCUT2D eigenvalue weighted by Crippen LogP contribution is 2.26. The lowest BCUT2D eigenvalue weighted by Gasteiger charge is -2.30. The lowest BCUT2D eigenvalue weighted by molar-refractivity contribution is -0.143. The van der Waals surface area contributed by atoms with E-state index in [4.69, 9.17) is 19.7 Å². The lowest BCUT2D eigenvalue weighted by Crippen LogP contribution is -2.34. The van der Waals surface area contributed by atoms with E-state index in [1.807, 2.05) is 19.1 Å². The molecule has 0 amide bonds. The first-order chi connectivity index (χ1) is 16.1. The summed E-state index contributed by atoms with van der Waals surface area (Å²) in [4.78, 5) is 31.4.